The maximum Gasteiger partial charge on any atom is 0.0456 e. The summed E-state index contributed by atoms with van der Waals surface area (Å²) in [6.45, 7) is 4.61. The molecule has 11 heavy (non-hydrogen) atoms. The lowest BCUT2D eigenvalue weighted by Crippen LogP contribution is -2.06. The van der Waals surface area contributed by atoms with Gasteiger partial charge in [-0.1, -0.05) is 20.3 Å². The molecule has 0 bridgehead atoms. The van der Waals surface area contributed by atoms with E-state index in [1.807, 2.05) is 0 Å². The highest BCUT2D eigenvalue weighted by Crippen LogP contribution is 2.16. The van der Waals surface area contributed by atoms with Crippen LogP contribution >= 0.6 is 12.6 Å². The maximum atomic E-state index is 8.77. The topological polar surface area (TPSA) is 20.2 Å². The largest absolute Gasteiger partial charge is 0.396 e. The van der Waals surface area contributed by atoms with Gasteiger partial charge in [0.25, 0.3) is 0 Å². The molecule has 0 aliphatic heterocycles. The zero-order valence-electron chi connectivity index (χ0n) is 7.58. The number of aliphatic hydroxyl groups is 1. The maximum absolute atomic E-state index is 8.77. The van der Waals surface area contributed by atoms with Crippen molar-refractivity contribution < 1.29 is 5.11 Å². The van der Waals surface area contributed by atoms with Gasteiger partial charge in [-0.15, -0.1) is 0 Å². The fraction of sp³-hybridized carbons (Fsp3) is 1.00. The van der Waals surface area contributed by atoms with E-state index < -0.39 is 0 Å². The molecule has 2 unspecified atom stereocenters. The van der Waals surface area contributed by atoms with Crippen molar-refractivity contribution in [2.24, 2.45) is 11.8 Å². The summed E-state index contributed by atoms with van der Waals surface area (Å²) >= 11 is 4.26. The normalized spacial score (nSPS) is 16.4. The Morgan fingerprint density at radius 1 is 1.36 bits per heavy atom. The van der Waals surface area contributed by atoms with Crippen LogP contribution in [0.1, 0.15) is 33.1 Å². The lowest BCUT2D eigenvalue weighted by Gasteiger charge is -2.13. The molecule has 0 radical (unpaired) electrons. The van der Waals surface area contributed by atoms with Crippen LogP contribution in [0.2, 0.25) is 0 Å². The molecular formula is C9H20OS. The van der Waals surface area contributed by atoms with Crippen LogP contribution in [0.3, 0.4) is 0 Å². The molecule has 2 atom stereocenters. The quantitative estimate of drug-likeness (QED) is 0.595. The summed E-state index contributed by atoms with van der Waals surface area (Å²) in [6, 6.07) is 0. The van der Waals surface area contributed by atoms with Crippen molar-refractivity contribution in [3.8, 4) is 0 Å². The molecule has 0 aliphatic carbocycles. The molecule has 0 heterocycles. The van der Waals surface area contributed by atoms with E-state index in [4.69, 9.17) is 5.11 Å². The summed E-state index contributed by atoms with van der Waals surface area (Å²) in [5.41, 5.74) is 0. The summed E-state index contributed by atoms with van der Waals surface area (Å²) < 4.78 is 0. The third-order valence-electron chi connectivity index (χ3n) is 2.21. The van der Waals surface area contributed by atoms with Gasteiger partial charge in [0.15, 0.2) is 0 Å². The summed E-state index contributed by atoms with van der Waals surface area (Å²) in [5, 5.41) is 8.77. The molecule has 0 saturated heterocycles. The standard InChI is InChI=1S/C9H20OS/c1-3-9(7-11)5-4-8(2)6-10/h8-11H,3-7H2,1-2H3. The molecule has 0 aliphatic rings. The minimum atomic E-state index is 0.322. The SMILES string of the molecule is CCC(CS)CCC(C)CO. The molecule has 0 aromatic carbocycles. The van der Waals surface area contributed by atoms with E-state index >= 15 is 0 Å². The Morgan fingerprint density at radius 2 is 2.00 bits per heavy atom. The minimum Gasteiger partial charge on any atom is -0.396 e. The molecule has 0 saturated carbocycles. The Balaban J connectivity index is 3.34. The van der Waals surface area contributed by atoms with E-state index in [0.717, 1.165) is 18.1 Å². The number of rotatable bonds is 6. The third kappa shape index (κ3) is 5.57. The van der Waals surface area contributed by atoms with Crippen LogP contribution in [0.15, 0.2) is 0 Å². The highest BCUT2D eigenvalue weighted by atomic mass is 32.1. The highest BCUT2D eigenvalue weighted by molar-refractivity contribution is 7.80. The zero-order chi connectivity index (χ0) is 8.69. The van der Waals surface area contributed by atoms with Crippen molar-refractivity contribution in [1.29, 1.82) is 0 Å². The van der Waals surface area contributed by atoms with Crippen LogP contribution in [-0.2, 0) is 0 Å². The number of aliphatic hydroxyl groups excluding tert-OH is 1. The van der Waals surface area contributed by atoms with E-state index in [1.54, 1.807) is 0 Å². The summed E-state index contributed by atoms with van der Waals surface area (Å²) in [5.74, 6) is 2.19. The van der Waals surface area contributed by atoms with Crippen LogP contribution in [0, 0.1) is 11.8 Å². The van der Waals surface area contributed by atoms with Crippen LogP contribution in [0.5, 0.6) is 0 Å². The average Bonchev–Trinajstić information content (AvgIpc) is 2.06. The predicted molar refractivity (Wildman–Crippen MR) is 53.1 cm³/mol. The van der Waals surface area contributed by atoms with E-state index in [2.05, 4.69) is 26.5 Å². The van der Waals surface area contributed by atoms with Gasteiger partial charge >= 0.3 is 0 Å². The first-order valence-corrected chi connectivity index (χ1v) is 5.09. The Morgan fingerprint density at radius 3 is 2.36 bits per heavy atom. The van der Waals surface area contributed by atoms with E-state index in [1.165, 1.54) is 12.8 Å². The molecule has 0 spiro atoms. The fourth-order valence-electron chi connectivity index (χ4n) is 1.04. The summed E-state index contributed by atoms with van der Waals surface area (Å²) in [4.78, 5) is 0. The van der Waals surface area contributed by atoms with E-state index in [0.29, 0.717) is 12.5 Å². The zero-order valence-corrected chi connectivity index (χ0v) is 8.48. The molecule has 68 valence electrons. The van der Waals surface area contributed by atoms with Crippen molar-refractivity contribution in [3.63, 3.8) is 0 Å². The van der Waals surface area contributed by atoms with Gasteiger partial charge in [-0.05, 0) is 30.4 Å². The average molecular weight is 176 g/mol. The Labute approximate surface area is 75.6 Å². The molecular weight excluding hydrogens is 156 g/mol. The van der Waals surface area contributed by atoms with Gasteiger partial charge in [-0.3, -0.25) is 0 Å². The van der Waals surface area contributed by atoms with Gasteiger partial charge in [0.1, 0.15) is 0 Å². The number of thiol groups is 1. The van der Waals surface area contributed by atoms with Crippen molar-refractivity contribution in [2.75, 3.05) is 12.4 Å². The molecule has 1 nitrogen and oxygen atoms in total. The van der Waals surface area contributed by atoms with Gasteiger partial charge in [0.05, 0.1) is 0 Å². The first kappa shape index (κ1) is 11.3. The predicted octanol–water partition coefficient (Wildman–Crippen LogP) is 2.35. The van der Waals surface area contributed by atoms with E-state index in [-0.39, 0.29) is 0 Å². The molecule has 1 N–H and O–H groups in total. The third-order valence-corrected chi connectivity index (χ3v) is 2.73. The van der Waals surface area contributed by atoms with Crippen molar-refractivity contribution in [3.05, 3.63) is 0 Å². The first-order chi connectivity index (χ1) is 5.24. The van der Waals surface area contributed by atoms with Crippen molar-refractivity contribution in [2.45, 2.75) is 33.1 Å². The van der Waals surface area contributed by atoms with Crippen LogP contribution in [0.25, 0.3) is 0 Å². The monoisotopic (exact) mass is 176 g/mol. The second-order valence-corrected chi connectivity index (χ2v) is 3.69. The van der Waals surface area contributed by atoms with Crippen LogP contribution < -0.4 is 0 Å². The highest BCUT2D eigenvalue weighted by Gasteiger charge is 2.06. The Kier molecular flexibility index (Phi) is 7.18. The number of hydrogen-bond acceptors (Lipinski definition) is 2. The van der Waals surface area contributed by atoms with Crippen LogP contribution in [-0.4, -0.2) is 17.5 Å². The molecule has 0 aromatic heterocycles. The molecule has 2 heteroatoms. The number of hydrogen-bond donors (Lipinski definition) is 2. The lowest BCUT2D eigenvalue weighted by molar-refractivity contribution is 0.223. The minimum absolute atomic E-state index is 0.322. The smallest absolute Gasteiger partial charge is 0.0456 e. The second-order valence-electron chi connectivity index (χ2n) is 3.32. The fourth-order valence-corrected chi connectivity index (χ4v) is 1.48. The second kappa shape index (κ2) is 6.99. The first-order valence-electron chi connectivity index (χ1n) is 4.46. The van der Waals surface area contributed by atoms with Gasteiger partial charge in [-0.25, -0.2) is 0 Å². The van der Waals surface area contributed by atoms with Crippen LogP contribution in [0.4, 0.5) is 0 Å². The summed E-state index contributed by atoms with van der Waals surface area (Å²) in [7, 11) is 0. The Bertz CT molecular complexity index is 81.6. The molecule has 0 aromatic rings. The van der Waals surface area contributed by atoms with Gasteiger partial charge in [0.2, 0.25) is 0 Å². The van der Waals surface area contributed by atoms with Crippen molar-refractivity contribution in [1.82, 2.24) is 0 Å². The van der Waals surface area contributed by atoms with Crippen molar-refractivity contribution >= 4 is 12.6 Å². The molecule has 0 fully saturated rings. The van der Waals surface area contributed by atoms with Gasteiger partial charge in [0, 0.05) is 6.61 Å². The van der Waals surface area contributed by atoms with E-state index in [9.17, 15) is 0 Å². The molecule has 0 rings (SSSR count). The summed E-state index contributed by atoms with van der Waals surface area (Å²) in [6.07, 6.45) is 3.55. The van der Waals surface area contributed by atoms with Gasteiger partial charge in [-0.2, -0.15) is 12.6 Å². The lowest BCUT2D eigenvalue weighted by atomic mass is 9.97. The Hall–Kier alpha value is 0.310. The molecule has 0 amide bonds. The van der Waals surface area contributed by atoms with Gasteiger partial charge < -0.3 is 5.11 Å².